The number of imidazole rings is 1. The van der Waals surface area contributed by atoms with Crippen LogP contribution in [0.3, 0.4) is 0 Å². The van der Waals surface area contributed by atoms with E-state index in [1.807, 2.05) is 33.8 Å². The van der Waals surface area contributed by atoms with Crippen molar-refractivity contribution in [2.45, 2.75) is 158 Å². The van der Waals surface area contributed by atoms with Gasteiger partial charge in [-0.3, -0.25) is 24.0 Å². The number of hydrogen-bond acceptors (Lipinski definition) is 7. The molecule has 11 nitrogen and oxygen atoms in total. The number of rotatable bonds is 10. The lowest BCUT2D eigenvalue weighted by atomic mass is 9.33. The largest absolute Gasteiger partial charge is 0.481 e. The Morgan fingerprint density at radius 1 is 0.903 bits per heavy atom. The van der Waals surface area contributed by atoms with Crippen LogP contribution in [-0.4, -0.2) is 62.8 Å². The average Bonchev–Trinajstić information content (AvgIpc) is 3.76. The highest BCUT2D eigenvalue weighted by Gasteiger charge is 2.70. The van der Waals surface area contributed by atoms with Crippen LogP contribution in [0.4, 0.5) is 0 Å². The van der Waals surface area contributed by atoms with Gasteiger partial charge in [-0.2, -0.15) is 0 Å². The van der Waals surface area contributed by atoms with E-state index in [-0.39, 0.29) is 76.1 Å². The quantitative estimate of drug-likeness (QED) is 0.172. The van der Waals surface area contributed by atoms with Crippen LogP contribution in [0.25, 0.3) is 11.0 Å². The Kier molecular flexibility index (Phi) is 10.6. The van der Waals surface area contributed by atoms with Crippen molar-refractivity contribution < 1.29 is 33.8 Å². The van der Waals surface area contributed by atoms with Crippen molar-refractivity contribution >= 4 is 40.6 Å². The van der Waals surface area contributed by atoms with Crippen LogP contribution in [0.1, 0.15) is 157 Å². The number of allylic oxidation sites excluding steroid dienone is 2. The number of amides is 2. The van der Waals surface area contributed by atoms with Crippen LogP contribution in [-0.2, 0) is 23.9 Å². The number of carbonyl (C=O) groups is 5. The molecule has 338 valence electrons. The number of hydrogen-bond donors (Lipinski definition) is 4. The number of ketones is 1. The van der Waals surface area contributed by atoms with Crippen LogP contribution < -0.4 is 10.6 Å². The average molecular weight is 853 g/mol. The zero-order valence-electron chi connectivity index (χ0n) is 39.2. The molecule has 6 aliphatic carbocycles. The third kappa shape index (κ3) is 6.70. The third-order valence-electron chi connectivity index (χ3n) is 19.0. The fourth-order valence-corrected chi connectivity index (χ4v) is 15.3. The number of carboxylic acids is 1. The standard InChI is InChI=1S/C51H72N4O7/c1-28(2)40-35(56)24-51(25-39(57)52-26-45(3,4)55-42(58)29-12-14-33-34(22-29)54-27-53-33)21-20-49(10)30(41(40)51)13-15-37-48(9)18-17-38(47(7,8)36(48)16-19-50(37,49)11)62-44(61)32-23-31(43(59)60)46(32,5)6/h12,14,22,27-28,30-32,36-38H,13,15-21,23-26H2,1-11H3,(H,52,57)(H,53,54)(H,55,58)(H,59,60)/t30-,31+,32-,36+,37-,38+,48+,49-,50-,51+/m1/s1. The van der Waals surface area contributed by atoms with Gasteiger partial charge in [-0.1, -0.05) is 67.9 Å². The van der Waals surface area contributed by atoms with Gasteiger partial charge >= 0.3 is 11.9 Å². The van der Waals surface area contributed by atoms with E-state index in [1.54, 1.807) is 18.5 Å². The van der Waals surface area contributed by atoms with Gasteiger partial charge in [-0.25, -0.2) is 4.98 Å². The molecule has 0 aliphatic heterocycles. The summed E-state index contributed by atoms with van der Waals surface area (Å²) in [6.07, 6.45) is 10.1. The molecule has 8 rings (SSSR count). The normalized spacial score (nSPS) is 37.1. The summed E-state index contributed by atoms with van der Waals surface area (Å²) in [6, 6.07) is 5.35. The predicted molar refractivity (Wildman–Crippen MR) is 238 cm³/mol. The molecule has 5 saturated carbocycles. The number of aromatic nitrogens is 2. The first-order valence-corrected chi connectivity index (χ1v) is 23.5. The van der Waals surface area contributed by atoms with Crippen molar-refractivity contribution in [3.8, 4) is 0 Å². The summed E-state index contributed by atoms with van der Waals surface area (Å²) in [5.41, 5.74) is 2.23. The number of benzene rings is 1. The number of fused-ring (bicyclic) bond motifs is 8. The van der Waals surface area contributed by atoms with E-state index in [9.17, 15) is 29.1 Å². The topological polar surface area (TPSA) is 168 Å². The van der Waals surface area contributed by atoms with Crippen molar-refractivity contribution in [1.82, 2.24) is 20.6 Å². The number of carboxylic acid groups (broad SMARTS) is 1. The van der Waals surface area contributed by atoms with Crippen molar-refractivity contribution in [2.24, 2.45) is 68.0 Å². The second-order valence-corrected chi connectivity index (χ2v) is 23.7. The number of esters is 1. The summed E-state index contributed by atoms with van der Waals surface area (Å²) >= 11 is 0. The Morgan fingerprint density at radius 3 is 2.31 bits per heavy atom. The van der Waals surface area contributed by atoms with E-state index in [0.29, 0.717) is 30.2 Å². The summed E-state index contributed by atoms with van der Waals surface area (Å²) in [5.74, 6) is -1.01. The first kappa shape index (κ1) is 44.6. The highest BCUT2D eigenvalue weighted by molar-refractivity contribution is 6.01. The molecule has 11 heteroatoms. The van der Waals surface area contributed by atoms with Crippen LogP contribution in [0.5, 0.6) is 0 Å². The zero-order chi connectivity index (χ0) is 45.2. The number of H-pyrrole nitrogens is 1. The molecule has 0 unspecified atom stereocenters. The number of carbonyl (C=O) groups excluding carboxylic acids is 4. The molecule has 0 bridgehead atoms. The predicted octanol–water partition coefficient (Wildman–Crippen LogP) is 9.22. The second kappa shape index (κ2) is 14.8. The van der Waals surface area contributed by atoms with Crippen LogP contribution in [0.2, 0.25) is 0 Å². The Morgan fingerprint density at radius 2 is 1.63 bits per heavy atom. The minimum Gasteiger partial charge on any atom is -0.481 e. The lowest BCUT2D eigenvalue weighted by Gasteiger charge is -2.72. The highest BCUT2D eigenvalue weighted by Crippen LogP contribution is 2.77. The van der Waals surface area contributed by atoms with E-state index in [0.717, 1.165) is 68.0 Å². The van der Waals surface area contributed by atoms with E-state index in [1.165, 1.54) is 5.57 Å². The maximum Gasteiger partial charge on any atom is 0.309 e. The molecule has 2 aromatic rings. The first-order chi connectivity index (χ1) is 28.8. The molecule has 1 heterocycles. The number of nitrogens with zero attached hydrogens (tertiary/aromatic N) is 1. The number of nitrogens with one attached hydrogen (secondary N) is 3. The second-order valence-electron chi connectivity index (χ2n) is 23.7. The molecular formula is C51H72N4O7. The fourth-order valence-electron chi connectivity index (χ4n) is 15.3. The monoisotopic (exact) mass is 853 g/mol. The molecule has 0 radical (unpaired) electrons. The molecule has 5 fully saturated rings. The van der Waals surface area contributed by atoms with Gasteiger partial charge in [0.1, 0.15) is 6.10 Å². The van der Waals surface area contributed by atoms with Gasteiger partial charge in [0, 0.05) is 35.8 Å². The first-order valence-electron chi connectivity index (χ1n) is 23.5. The van der Waals surface area contributed by atoms with Crippen molar-refractivity contribution in [3.05, 3.63) is 41.2 Å². The Labute approximate surface area is 368 Å². The van der Waals surface area contributed by atoms with Gasteiger partial charge < -0.3 is 25.5 Å². The van der Waals surface area contributed by atoms with E-state index in [2.05, 4.69) is 69.1 Å². The van der Waals surface area contributed by atoms with Gasteiger partial charge in [0.25, 0.3) is 5.91 Å². The Balaban J connectivity index is 0.983. The molecule has 1 aromatic carbocycles. The number of ether oxygens (including phenoxy) is 1. The zero-order valence-corrected chi connectivity index (χ0v) is 39.2. The summed E-state index contributed by atoms with van der Waals surface area (Å²) in [5, 5.41) is 16.0. The SMILES string of the molecule is CC(C)C1=C2[C@H]3CC[C@@H]4[C@@]5(C)CC[C@H](OC(=O)[C@H]6C[C@@H](C(=O)O)C6(C)C)C(C)(C)[C@@H]5CC[C@@]4(C)[C@]3(C)CC[C@@]2(CC(=O)NCC(C)(C)NC(=O)c2ccc3nc[nH]c3c2)CC1=O. The van der Waals surface area contributed by atoms with Crippen molar-refractivity contribution in [1.29, 1.82) is 0 Å². The van der Waals surface area contributed by atoms with Gasteiger partial charge in [-0.05, 0) is 141 Å². The summed E-state index contributed by atoms with van der Waals surface area (Å²) in [6.45, 7) is 24.3. The van der Waals surface area contributed by atoms with Crippen molar-refractivity contribution in [2.75, 3.05) is 6.54 Å². The van der Waals surface area contributed by atoms with Gasteiger partial charge in [0.15, 0.2) is 5.78 Å². The molecule has 10 atom stereocenters. The molecule has 4 N–H and O–H groups in total. The van der Waals surface area contributed by atoms with Crippen LogP contribution >= 0.6 is 0 Å². The number of aliphatic carboxylic acids is 1. The Bertz CT molecular complexity index is 2240. The van der Waals surface area contributed by atoms with E-state index >= 15 is 0 Å². The van der Waals surface area contributed by atoms with Crippen molar-refractivity contribution in [3.63, 3.8) is 0 Å². The highest BCUT2D eigenvalue weighted by atomic mass is 16.5. The molecule has 0 saturated heterocycles. The van der Waals surface area contributed by atoms with Crippen LogP contribution in [0, 0.1) is 68.0 Å². The van der Waals surface area contributed by atoms with Gasteiger partial charge in [0.05, 0.1) is 34.7 Å². The molecule has 2 amide bonds. The summed E-state index contributed by atoms with van der Waals surface area (Å²) in [7, 11) is 0. The molecule has 0 spiro atoms. The lowest BCUT2D eigenvalue weighted by Crippen LogP contribution is -2.66. The molecule has 6 aliphatic rings. The molecule has 1 aromatic heterocycles. The lowest BCUT2D eigenvalue weighted by molar-refractivity contribution is -0.236. The third-order valence-corrected chi connectivity index (χ3v) is 19.0. The smallest absolute Gasteiger partial charge is 0.309 e. The van der Waals surface area contributed by atoms with E-state index < -0.39 is 34.2 Å². The fraction of sp³-hybridized carbons (Fsp3) is 0.725. The van der Waals surface area contributed by atoms with Gasteiger partial charge in [0.2, 0.25) is 5.91 Å². The van der Waals surface area contributed by atoms with Gasteiger partial charge in [-0.15, -0.1) is 0 Å². The minimum atomic E-state index is -0.841. The minimum absolute atomic E-state index is 0.0157. The maximum absolute atomic E-state index is 14.2. The number of Topliss-reactive ketones (excluding diaryl/α,β-unsaturated/α-hetero) is 1. The summed E-state index contributed by atoms with van der Waals surface area (Å²) < 4.78 is 6.43. The number of aromatic amines is 1. The molecular weight excluding hydrogens is 781 g/mol. The van der Waals surface area contributed by atoms with Crippen LogP contribution in [0.15, 0.2) is 35.7 Å². The maximum atomic E-state index is 14.2. The Hall–Kier alpha value is -4.02. The molecule has 62 heavy (non-hydrogen) atoms. The van der Waals surface area contributed by atoms with E-state index in [4.69, 9.17) is 4.74 Å². The summed E-state index contributed by atoms with van der Waals surface area (Å²) in [4.78, 5) is 74.4.